The molecular formula is C14H24N4O. The Kier molecular flexibility index (Phi) is 4.82. The molecule has 1 fully saturated rings. The van der Waals surface area contributed by atoms with Gasteiger partial charge in [-0.3, -0.25) is 5.32 Å². The third-order valence-corrected chi connectivity index (χ3v) is 3.52. The maximum Gasteiger partial charge on any atom is 0.320 e. The largest absolute Gasteiger partial charge is 0.335 e. The van der Waals surface area contributed by atoms with Gasteiger partial charge in [0, 0.05) is 18.7 Å². The summed E-state index contributed by atoms with van der Waals surface area (Å²) in [6, 6.07) is 2.14. The molecule has 1 aromatic rings. The highest BCUT2D eigenvalue weighted by Gasteiger charge is 2.16. The zero-order valence-corrected chi connectivity index (χ0v) is 11.9. The summed E-state index contributed by atoms with van der Waals surface area (Å²) in [6.45, 7) is 4.87. The zero-order valence-electron chi connectivity index (χ0n) is 11.9. The molecule has 0 saturated heterocycles. The number of aryl methyl sites for hydroxylation is 2. The van der Waals surface area contributed by atoms with E-state index in [1.807, 2.05) is 17.7 Å². The number of nitrogens with zero attached hydrogens (tertiary/aromatic N) is 2. The SMILES string of the molecule is CCCn1nc(C)cc1NC(=O)NC1CCCCC1. The van der Waals surface area contributed by atoms with Crippen molar-refractivity contribution in [1.29, 1.82) is 0 Å². The minimum atomic E-state index is -0.107. The van der Waals surface area contributed by atoms with Gasteiger partial charge >= 0.3 is 6.03 Å². The zero-order chi connectivity index (χ0) is 13.7. The van der Waals surface area contributed by atoms with Crippen LogP contribution in [0, 0.1) is 6.92 Å². The molecule has 2 amide bonds. The maximum absolute atomic E-state index is 12.0. The first-order chi connectivity index (χ1) is 9.19. The van der Waals surface area contributed by atoms with E-state index in [9.17, 15) is 4.79 Å². The Hall–Kier alpha value is -1.52. The highest BCUT2D eigenvalue weighted by atomic mass is 16.2. The topological polar surface area (TPSA) is 59.0 Å². The van der Waals surface area contributed by atoms with Crippen LogP contribution in [-0.4, -0.2) is 21.9 Å². The number of urea groups is 1. The molecule has 0 bridgehead atoms. The monoisotopic (exact) mass is 264 g/mol. The Morgan fingerprint density at radius 3 is 2.84 bits per heavy atom. The van der Waals surface area contributed by atoms with Gasteiger partial charge in [-0.05, 0) is 26.2 Å². The van der Waals surface area contributed by atoms with E-state index in [0.717, 1.165) is 37.3 Å². The molecular weight excluding hydrogens is 240 g/mol. The molecule has 0 unspecified atom stereocenters. The second-order valence-electron chi connectivity index (χ2n) is 5.33. The number of hydrogen-bond acceptors (Lipinski definition) is 2. The Bertz CT molecular complexity index is 421. The molecule has 106 valence electrons. The summed E-state index contributed by atoms with van der Waals surface area (Å²) in [5, 5.41) is 10.3. The molecule has 0 spiro atoms. The van der Waals surface area contributed by atoms with Gasteiger partial charge in [0.2, 0.25) is 0 Å². The van der Waals surface area contributed by atoms with Crippen molar-refractivity contribution in [3.05, 3.63) is 11.8 Å². The molecule has 2 N–H and O–H groups in total. The van der Waals surface area contributed by atoms with E-state index in [-0.39, 0.29) is 6.03 Å². The van der Waals surface area contributed by atoms with Crippen LogP contribution in [0.2, 0.25) is 0 Å². The Labute approximate surface area is 114 Å². The molecule has 0 aromatic carbocycles. The first-order valence-electron chi connectivity index (χ1n) is 7.31. The normalized spacial score (nSPS) is 16.3. The molecule has 5 nitrogen and oxygen atoms in total. The smallest absolute Gasteiger partial charge is 0.320 e. The summed E-state index contributed by atoms with van der Waals surface area (Å²) in [6.07, 6.45) is 6.93. The number of amides is 2. The number of anilines is 1. The number of nitrogens with one attached hydrogen (secondary N) is 2. The summed E-state index contributed by atoms with van der Waals surface area (Å²) in [7, 11) is 0. The number of hydrogen-bond donors (Lipinski definition) is 2. The third-order valence-electron chi connectivity index (χ3n) is 3.52. The first kappa shape index (κ1) is 13.9. The molecule has 0 aliphatic heterocycles. The van der Waals surface area contributed by atoms with Crippen molar-refractivity contribution in [2.75, 3.05) is 5.32 Å². The molecule has 0 atom stereocenters. The molecule has 2 rings (SSSR count). The van der Waals surface area contributed by atoms with Crippen molar-refractivity contribution >= 4 is 11.8 Å². The highest BCUT2D eigenvalue weighted by Crippen LogP contribution is 2.17. The Morgan fingerprint density at radius 1 is 1.42 bits per heavy atom. The molecule has 5 heteroatoms. The van der Waals surface area contributed by atoms with Crippen molar-refractivity contribution < 1.29 is 4.79 Å². The molecule has 1 aliphatic rings. The number of rotatable bonds is 4. The van der Waals surface area contributed by atoms with Crippen LogP contribution in [0.1, 0.15) is 51.1 Å². The lowest BCUT2D eigenvalue weighted by Crippen LogP contribution is -2.39. The minimum absolute atomic E-state index is 0.107. The van der Waals surface area contributed by atoms with Crippen LogP contribution in [0.3, 0.4) is 0 Å². The van der Waals surface area contributed by atoms with Gasteiger partial charge in [0.1, 0.15) is 5.82 Å². The van der Waals surface area contributed by atoms with Gasteiger partial charge in [0.15, 0.2) is 0 Å². The van der Waals surface area contributed by atoms with Gasteiger partial charge in [-0.2, -0.15) is 5.10 Å². The molecule has 1 aromatic heterocycles. The lowest BCUT2D eigenvalue weighted by atomic mass is 9.96. The van der Waals surface area contributed by atoms with E-state index >= 15 is 0 Å². The summed E-state index contributed by atoms with van der Waals surface area (Å²) in [4.78, 5) is 12.0. The molecule has 19 heavy (non-hydrogen) atoms. The fourth-order valence-electron chi connectivity index (χ4n) is 2.61. The fourth-order valence-corrected chi connectivity index (χ4v) is 2.61. The summed E-state index contributed by atoms with van der Waals surface area (Å²) >= 11 is 0. The summed E-state index contributed by atoms with van der Waals surface area (Å²) in [5.41, 5.74) is 0.932. The van der Waals surface area contributed by atoms with E-state index in [1.54, 1.807) is 0 Å². The molecule has 0 radical (unpaired) electrons. The van der Waals surface area contributed by atoms with E-state index in [1.165, 1.54) is 19.3 Å². The minimum Gasteiger partial charge on any atom is -0.335 e. The number of carbonyl (C=O) groups is 1. The lowest BCUT2D eigenvalue weighted by Gasteiger charge is -2.22. The second-order valence-corrected chi connectivity index (χ2v) is 5.33. The van der Waals surface area contributed by atoms with Gasteiger partial charge in [-0.15, -0.1) is 0 Å². The first-order valence-corrected chi connectivity index (χ1v) is 7.31. The average molecular weight is 264 g/mol. The summed E-state index contributed by atoms with van der Waals surface area (Å²) < 4.78 is 1.86. The van der Waals surface area contributed by atoms with Gasteiger partial charge < -0.3 is 5.32 Å². The van der Waals surface area contributed by atoms with Gasteiger partial charge in [0.05, 0.1) is 5.69 Å². The number of aromatic nitrogens is 2. The number of carbonyl (C=O) groups excluding carboxylic acids is 1. The van der Waals surface area contributed by atoms with Crippen LogP contribution in [0.15, 0.2) is 6.07 Å². The van der Waals surface area contributed by atoms with Crippen molar-refractivity contribution in [2.45, 2.75) is 65.0 Å². The van der Waals surface area contributed by atoms with E-state index in [2.05, 4.69) is 22.7 Å². The van der Waals surface area contributed by atoms with Crippen LogP contribution in [0.25, 0.3) is 0 Å². The molecule has 1 aliphatic carbocycles. The van der Waals surface area contributed by atoms with E-state index in [4.69, 9.17) is 0 Å². The van der Waals surface area contributed by atoms with Gasteiger partial charge in [0.25, 0.3) is 0 Å². The van der Waals surface area contributed by atoms with E-state index < -0.39 is 0 Å². The highest BCUT2D eigenvalue weighted by molar-refractivity contribution is 5.88. The van der Waals surface area contributed by atoms with Crippen LogP contribution in [0.5, 0.6) is 0 Å². The van der Waals surface area contributed by atoms with Crippen molar-refractivity contribution in [3.8, 4) is 0 Å². The van der Waals surface area contributed by atoms with E-state index in [0.29, 0.717) is 6.04 Å². The molecule has 1 heterocycles. The van der Waals surface area contributed by atoms with Crippen LogP contribution in [-0.2, 0) is 6.54 Å². The predicted octanol–water partition coefficient (Wildman–Crippen LogP) is 3.06. The summed E-state index contributed by atoms with van der Waals surface area (Å²) in [5.74, 6) is 0.785. The Morgan fingerprint density at radius 2 is 2.16 bits per heavy atom. The van der Waals surface area contributed by atoms with Crippen molar-refractivity contribution in [1.82, 2.24) is 15.1 Å². The molecule has 1 saturated carbocycles. The van der Waals surface area contributed by atoms with Crippen molar-refractivity contribution in [3.63, 3.8) is 0 Å². The maximum atomic E-state index is 12.0. The fraction of sp³-hybridized carbons (Fsp3) is 0.714. The van der Waals surface area contributed by atoms with Crippen LogP contribution < -0.4 is 10.6 Å². The Balaban J connectivity index is 1.90. The average Bonchev–Trinajstić information content (AvgIpc) is 2.71. The van der Waals surface area contributed by atoms with Crippen LogP contribution in [0.4, 0.5) is 10.6 Å². The van der Waals surface area contributed by atoms with Crippen LogP contribution >= 0.6 is 0 Å². The van der Waals surface area contributed by atoms with Crippen molar-refractivity contribution in [2.24, 2.45) is 0 Å². The predicted molar refractivity (Wildman–Crippen MR) is 76.3 cm³/mol. The van der Waals surface area contributed by atoms with Gasteiger partial charge in [-0.25, -0.2) is 9.48 Å². The van der Waals surface area contributed by atoms with Gasteiger partial charge in [-0.1, -0.05) is 26.2 Å². The lowest BCUT2D eigenvalue weighted by molar-refractivity contribution is 0.244. The quantitative estimate of drug-likeness (QED) is 0.878. The third kappa shape index (κ3) is 3.98. The standard InChI is InChI=1S/C14H24N4O/c1-3-9-18-13(10-11(2)17-18)16-14(19)15-12-7-5-4-6-8-12/h10,12H,3-9H2,1-2H3,(H2,15,16,19). The second kappa shape index (κ2) is 6.59.